The molecule has 4 heteroatoms. The molecular formula is C23H27FN2O. The summed E-state index contributed by atoms with van der Waals surface area (Å²) < 4.78 is 13.3. The fraction of sp³-hybridized carbons (Fsp3) is 0.348. The summed E-state index contributed by atoms with van der Waals surface area (Å²) in [4.78, 5) is 20.3. The lowest BCUT2D eigenvalue weighted by Gasteiger charge is -2.15. The van der Waals surface area contributed by atoms with Crippen LogP contribution in [0.1, 0.15) is 57.1 Å². The van der Waals surface area contributed by atoms with Crippen LogP contribution >= 0.6 is 0 Å². The van der Waals surface area contributed by atoms with Gasteiger partial charge in [-0.25, -0.2) is 14.4 Å². The number of halogens is 1. The van der Waals surface area contributed by atoms with Gasteiger partial charge in [0.05, 0.1) is 11.4 Å². The zero-order chi connectivity index (χ0) is 20.0. The van der Waals surface area contributed by atoms with Crippen molar-refractivity contribution in [3.05, 3.63) is 65.4 Å². The van der Waals surface area contributed by atoms with E-state index in [1.165, 1.54) is 12.1 Å². The Balaban J connectivity index is 2.44. The second kappa shape index (κ2) is 9.36. The molecule has 0 saturated heterocycles. The first kappa shape index (κ1) is 20.7. The third-order valence-electron chi connectivity index (χ3n) is 4.20. The molecule has 0 unspecified atom stereocenters. The van der Waals surface area contributed by atoms with Gasteiger partial charge in [-0.05, 0) is 62.4 Å². The topological polar surface area (TPSA) is 42.9 Å². The smallest absolute Gasteiger partial charge is 0.152 e. The molecule has 1 atom stereocenters. The van der Waals surface area contributed by atoms with Crippen LogP contribution in [-0.4, -0.2) is 15.8 Å². The van der Waals surface area contributed by atoms with E-state index in [1.54, 1.807) is 25.1 Å². The van der Waals surface area contributed by atoms with Crippen molar-refractivity contribution in [2.75, 3.05) is 0 Å². The molecule has 1 aromatic heterocycles. The van der Waals surface area contributed by atoms with Gasteiger partial charge < -0.3 is 0 Å². The van der Waals surface area contributed by atoms with Crippen LogP contribution < -0.4 is 0 Å². The van der Waals surface area contributed by atoms with Crippen molar-refractivity contribution in [3.63, 3.8) is 0 Å². The summed E-state index contributed by atoms with van der Waals surface area (Å²) in [5.74, 6) is 0.990. The first-order valence-corrected chi connectivity index (χ1v) is 9.27. The van der Waals surface area contributed by atoms with Gasteiger partial charge >= 0.3 is 0 Å². The molecule has 2 rings (SSSR count). The second-order valence-electron chi connectivity index (χ2n) is 7.17. The third kappa shape index (κ3) is 5.95. The van der Waals surface area contributed by atoms with Crippen molar-refractivity contribution in [2.24, 2.45) is 5.92 Å². The Kier molecular flexibility index (Phi) is 7.17. The highest BCUT2D eigenvalue weighted by Gasteiger charge is 2.15. The van der Waals surface area contributed by atoms with E-state index in [-0.39, 0.29) is 23.4 Å². The summed E-state index contributed by atoms with van der Waals surface area (Å²) in [6, 6.07) is 6.39. The zero-order valence-electron chi connectivity index (χ0n) is 16.7. The molecule has 142 valence electrons. The van der Waals surface area contributed by atoms with E-state index < -0.39 is 0 Å². The molecule has 0 spiro atoms. The largest absolute Gasteiger partial charge is 0.295 e. The minimum Gasteiger partial charge on any atom is -0.295 e. The molecule has 0 amide bonds. The molecule has 2 aromatic rings. The Morgan fingerprint density at radius 2 is 1.81 bits per heavy atom. The van der Waals surface area contributed by atoms with Crippen LogP contribution in [0.2, 0.25) is 0 Å². The van der Waals surface area contributed by atoms with Gasteiger partial charge in [0.2, 0.25) is 0 Å². The normalized spacial score (nSPS) is 13.0. The first-order chi connectivity index (χ1) is 12.8. The molecule has 0 aliphatic carbocycles. The van der Waals surface area contributed by atoms with Gasteiger partial charge in [0.15, 0.2) is 5.78 Å². The molecule has 0 bridgehead atoms. The average molecular weight is 366 g/mol. The van der Waals surface area contributed by atoms with E-state index in [0.29, 0.717) is 5.82 Å². The Hall–Kier alpha value is -2.62. The number of carbonyl (C=O) groups excluding carboxylic acids is 1. The first-order valence-electron chi connectivity index (χ1n) is 9.27. The Morgan fingerprint density at radius 1 is 1.15 bits per heavy atom. The van der Waals surface area contributed by atoms with Crippen LogP contribution in [0.25, 0.3) is 17.3 Å². The molecule has 1 aromatic carbocycles. The van der Waals surface area contributed by atoms with Crippen LogP contribution in [0.3, 0.4) is 0 Å². The SMILES string of the molecule is CC(=O)/C=C/C[C@H](C)/C=C/c1c(-c2ccc(F)cc2)nc(C)nc1C(C)C. The number of aromatic nitrogens is 2. The molecule has 0 fully saturated rings. The van der Waals surface area contributed by atoms with Crippen molar-refractivity contribution >= 4 is 11.9 Å². The standard InChI is InChI=1S/C23H27FN2O/c1-15(2)22-21(14-9-16(3)7-6-8-17(4)27)23(26-18(5)25-22)19-10-12-20(24)13-11-19/h6,8-16H,7H2,1-5H3/b8-6+,14-9+/t16-/m0/s1. The van der Waals surface area contributed by atoms with Gasteiger partial charge in [-0.2, -0.15) is 0 Å². The molecule has 0 N–H and O–H groups in total. The Morgan fingerprint density at radius 3 is 2.41 bits per heavy atom. The summed E-state index contributed by atoms with van der Waals surface area (Å²) >= 11 is 0. The van der Waals surface area contributed by atoms with E-state index in [0.717, 1.165) is 28.9 Å². The maximum atomic E-state index is 13.3. The molecule has 27 heavy (non-hydrogen) atoms. The Bertz CT molecular complexity index is 851. The van der Waals surface area contributed by atoms with Crippen molar-refractivity contribution in [1.82, 2.24) is 9.97 Å². The average Bonchev–Trinajstić information content (AvgIpc) is 2.60. The molecule has 3 nitrogen and oxygen atoms in total. The van der Waals surface area contributed by atoms with Crippen LogP contribution in [-0.2, 0) is 4.79 Å². The number of allylic oxidation sites excluding steroid dienone is 3. The van der Waals surface area contributed by atoms with E-state index >= 15 is 0 Å². The lowest BCUT2D eigenvalue weighted by Crippen LogP contribution is -2.05. The molecule has 0 aliphatic heterocycles. The zero-order valence-corrected chi connectivity index (χ0v) is 16.7. The lowest BCUT2D eigenvalue weighted by atomic mass is 9.96. The number of carbonyl (C=O) groups is 1. The van der Waals surface area contributed by atoms with Crippen molar-refractivity contribution < 1.29 is 9.18 Å². The highest BCUT2D eigenvalue weighted by atomic mass is 19.1. The van der Waals surface area contributed by atoms with E-state index in [4.69, 9.17) is 0 Å². The summed E-state index contributed by atoms with van der Waals surface area (Å²) in [5, 5.41) is 0. The highest BCUT2D eigenvalue weighted by molar-refractivity contribution is 5.87. The predicted molar refractivity (Wildman–Crippen MR) is 109 cm³/mol. The van der Waals surface area contributed by atoms with Gasteiger partial charge in [0, 0.05) is 11.1 Å². The monoisotopic (exact) mass is 366 g/mol. The number of hydrogen-bond acceptors (Lipinski definition) is 3. The maximum absolute atomic E-state index is 13.3. The number of benzene rings is 1. The van der Waals surface area contributed by atoms with Crippen molar-refractivity contribution in [2.45, 2.75) is 47.0 Å². The van der Waals surface area contributed by atoms with Crippen LogP contribution in [0.15, 0.2) is 42.5 Å². The molecule has 1 heterocycles. The number of rotatable bonds is 7. The van der Waals surface area contributed by atoms with E-state index in [2.05, 4.69) is 42.9 Å². The fourth-order valence-electron chi connectivity index (χ4n) is 2.82. The van der Waals surface area contributed by atoms with Gasteiger partial charge in [0.1, 0.15) is 11.6 Å². The van der Waals surface area contributed by atoms with Gasteiger partial charge in [0.25, 0.3) is 0 Å². The van der Waals surface area contributed by atoms with Crippen molar-refractivity contribution in [1.29, 1.82) is 0 Å². The van der Waals surface area contributed by atoms with Crippen LogP contribution in [0.4, 0.5) is 4.39 Å². The minimum atomic E-state index is -0.267. The minimum absolute atomic E-state index is 0.0544. The molecule has 0 saturated carbocycles. The summed E-state index contributed by atoms with van der Waals surface area (Å²) in [6.07, 6.45) is 8.44. The summed E-state index contributed by atoms with van der Waals surface area (Å²) in [6.45, 7) is 9.73. The molecule has 0 aliphatic rings. The quantitative estimate of drug-likeness (QED) is 0.573. The number of aryl methyl sites for hydroxylation is 1. The maximum Gasteiger partial charge on any atom is 0.152 e. The van der Waals surface area contributed by atoms with Crippen LogP contribution in [0.5, 0.6) is 0 Å². The van der Waals surface area contributed by atoms with Crippen LogP contribution in [0, 0.1) is 18.7 Å². The highest BCUT2D eigenvalue weighted by Crippen LogP contribution is 2.29. The van der Waals surface area contributed by atoms with E-state index in [1.807, 2.05) is 13.0 Å². The summed E-state index contributed by atoms with van der Waals surface area (Å²) in [5.41, 5.74) is 3.62. The molecule has 0 radical (unpaired) electrons. The lowest BCUT2D eigenvalue weighted by molar-refractivity contribution is -0.112. The Labute approximate surface area is 161 Å². The number of nitrogens with zero attached hydrogens (tertiary/aromatic N) is 2. The molecular weight excluding hydrogens is 339 g/mol. The van der Waals surface area contributed by atoms with Gasteiger partial charge in [-0.1, -0.05) is 39.0 Å². The third-order valence-corrected chi connectivity index (χ3v) is 4.20. The van der Waals surface area contributed by atoms with E-state index in [9.17, 15) is 9.18 Å². The van der Waals surface area contributed by atoms with Gasteiger partial charge in [-0.3, -0.25) is 4.79 Å². The predicted octanol–water partition coefficient (Wildman–Crippen LogP) is 5.90. The van der Waals surface area contributed by atoms with Crippen molar-refractivity contribution in [3.8, 4) is 11.3 Å². The number of hydrogen-bond donors (Lipinski definition) is 0. The summed E-state index contributed by atoms with van der Waals surface area (Å²) in [7, 11) is 0. The van der Waals surface area contributed by atoms with Gasteiger partial charge in [-0.15, -0.1) is 0 Å². The second-order valence-corrected chi connectivity index (χ2v) is 7.17. The fourth-order valence-corrected chi connectivity index (χ4v) is 2.82. The number of ketones is 1.